The van der Waals surface area contributed by atoms with E-state index in [-0.39, 0.29) is 0 Å². The number of nitrogens with zero attached hydrogens (tertiary/aromatic N) is 2. The van der Waals surface area contributed by atoms with Crippen LogP contribution in [0.1, 0.15) is 18.7 Å². The highest BCUT2D eigenvalue weighted by Gasteiger charge is 2.17. The third-order valence-corrected chi connectivity index (χ3v) is 2.32. The molecule has 1 aliphatic rings. The van der Waals surface area contributed by atoms with E-state index in [2.05, 4.69) is 9.97 Å². The van der Waals surface area contributed by atoms with Crippen LogP contribution in [0.3, 0.4) is 0 Å². The van der Waals surface area contributed by atoms with Crippen LogP contribution in [0.5, 0.6) is 0 Å². The first-order valence-corrected chi connectivity index (χ1v) is 4.81. The van der Waals surface area contributed by atoms with Crippen molar-refractivity contribution in [2.24, 2.45) is 0 Å². The molecule has 2 rings (SSSR count). The number of hydrogen-bond acceptors (Lipinski definition) is 3. The van der Waals surface area contributed by atoms with Crippen LogP contribution in [0, 0.1) is 0 Å². The fourth-order valence-electron chi connectivity index (χ4n) is 1.48. The van der Waals surface area contributed by atoms with E-state index in [0.29, 0.717) is 11.3 Å². The summed E-state index contributed by atoms with van der Waals surface area (Å²) < 4.78 is 5.47. The summed E-state index contributed by atoms with van der Waals surface area (Å²) in [5, 5.41) is 0.503. The topological polar surface area (TPSA) is 35.0 Å². The van der Waals surface area contributed by atoms with E-state index in [0.717, 1.165) is 31.7 Å². The van der Waals surface area contributed by atoms with Gasteiger partial charge in [-0.25, -0.2) is 9.97 Å². The Balaban J connectivity index is 2.00. The molecule has 2 heterocycles. The molecule has 0 saturated carbocycles. The third kappa shape index (κ3) is 2.39. The van der Waals surface area contributed by atoms with Gasteiger partial charge in [-0.05, 0) is 18.9 Å². The van der Waals surface area contributed by atoms with Gasteiger partial charge in [-0.3, -0.25) is 0 Å². The molecule has 1 atom stereocenters. The second-order valence-electron chi connectivity index (χ2n) is 3.13. The van der Waals surface area contributed by atoms with Crippen LogP contribution >= 0.6 is 11.6 Å². The number of rotatable bonds is 2. The average molecular weight is 199 g/mol. The predicted molar refractivity (Wildman–Crippen MR) is 49.7 cm³/mol. The quantitative estimate of drug-likeness (QED) is 0.681. The Bertz CT molecular complexity index is 287. The molecular weight excluding hydrogens is 188 g/mol. The zero-order chi connectivity index (χ0) is 9.10. The monoisotopic (exact) mass is 198 g/mol. The first kappa shape index (κ1) is 8.91. The molecule has 13 heavy (non-hydrogen) atoms. The van der Waals surface area contributed by atoms with Crippen molar-refractivity contribution in [3.8, 4) is 0 Å². The van der Waals surface area contributed by atoms with Gasteiger partial charge in [0.05, 0.1) is 6.10 Å². The van der Waals surface area contributed by atoms with Crippen LogP contribution in [-0.4, -0.2) is 22.7 Å². The van der Waals surface area contributed by atoms with Crippen molar-refractivity contribution in [1.82, 2.24) is 9.97 Å². The molecule has 1 aliphatic heterocycles. The normalized spacial score (nSPS) is 22.1. The maximum absolute atomic E-state index is 5.74. The Hall–Kier alpha value is -0.670. The van der Waals surface area contributed by atoms with Gasteiger partial charge >= 0.3 is 0 Å². The van der Waals surface area contributed by atoms with Crippen molar-refractivity contribution < 1.29 is 4.74 Å². The molecule has 3 nitrogen and oxygen atoms in total. The fraction of sp³-hybridized carbons (Fsp3) is 0.556. The fourth-order valence-corrected chi connectivity index (χ4v) is 1.64. The van der Waals surface area contributed by atoms with E-state index in [4.69, 9.17) is 16.3 Å². The minimum Gasteiger partial charge on any atom is -0.378 e. The van der Waals surface area contributed by atoms with Crippen molar-refractivity contribution >= 4 is 11.6 Å². The van der Waals surface area contributed by atoms with Gasteiger partial charge < -0.3 is 4.74 Å². The van der Waals surface area contributed by atoms with E-state index >= 15 is 0 Å². The molecule has 0 N–H and O–H groups in total. The van der Waals surface area contributed by atoms with Crippen LogP contribution < -0.4 is 0 Å². The van der Waals surface area contributed by atoms with Crippen molar-refractivity contribution in [2.45, 2.75) is 25.4 Å². The highest BCUT2D eigenvalue weighted by atomic mass is 35.5. The Morgan fingerprint density at radius 3 is 3.23 bits per heavy atom. The smallest absolute Gasteiger partial charge is 0.132 e. The predicted octanol–water partition coefficient (Wildman–Crippen LogP) is 1.85. The van der Waals surface area contributed by atoms with E-state index in [1.807, 2.05) is 0 Å². The second kappa shape index (κ2) is 4.03. The zero-order valence-electron chi connectivity index (χ0n) is 7.24. The SMILES string of the molecule is Clc1ccnc(CC2CCCO2)n1. The first-order valence-electron chi connectivity index (χ1n) is 4.43. The first-order chi connectivity index (χ1) is 6.34. The summed E-state index contributed by atoms with van der Waals surface area (Å²) in [5.41, 5.74) is 0. The number of halogens is 1. The van der Waals surface area contributed by atoms with E-state index in [1.54, 1.807) is 12.3 Å². The summed E-state index contributed by atoms with van der Waals surface area (Å²) in [6.45, 7) is 0.866. The van der Waals surface area contributed by atoms with Gasteiger partial charge in [0.25, 0.3) is 0 Å². The lowest BCUT2D eigenvalue weighted by atomic mass is 10.2. The lowest BCUT2D eigenvalue weighted by molar-refractivity contribution is 0.110. The summed E-state index contributed by atoms with van der Waals surface area (Å²) >= 11 is 5.74. The molecule has 0 aromatic carbocycles. The molecule has 0 radical (unpaired) electrons. The Labute approximate surface area is 82.1 Å². The molecule has 0 amide bonds. The van der Waals surface area contributed by atoms with E-state index < -0.39 is 0 Å². The van der Waals surface area contributed by atoms with Gasteiger partial charge in [0.2, 0.25) is 0 Å². The van der Waals surface area contributed by atoms with Crippen LogP contribution in [0.25, 0.3) is 0 Å². The molecule has 1 aromatic rings. The molecule has 0 aliphatic carbocycles. The van der Waals surface area contributed by atoms with Gasteiger partial charge in [-0.15, -0.1) is 0 Å². The summed E-state index contributed by atoms with van der Waals surface area (Å²) in [7, 11) is 0. The summed E-state index contributed by atoms with van der Waals surface area (Å²) in [6, 6.07) is 1.68. The summed E-state index contributed by atoms with van der Waals surface area (Å²) in [5.74, 6) is 0.777. The maximum atomic E-state index is 5.74. The molecule has 0 bridgehead atoms. The number of aromatic nitrogens is 2. The molecule has 4 heteroatoms. The molecule has 0 spiro atoms. The average Bonchev–Trinajstić information content (AvgIpc) is 2.57. The molecule has 1 unspecified atom stereocenters. The Morgan fingerprint density at radius 2 is 2.54 bits per heavy atom. The van der Waals surface area contributed by atoms with Crippen LogP contribution in [-0.2, 0) is 11.2 Å². The van der Waals surface area contributed by atoms with Gasteiger partial charge in [-0.2, -0.15) is 0 Å². The third-order valence-electron chi connectivity index (χ3n) is 2.11. The maximum Gasteiger partial charge on any atom is 0.132 e. The van der Waals surface area contributed by atoms with Crippen molar-refractivity contribution in [1.29, 1.82) is 0 Å². The van der Waals surface area contributed by atoms with Crippen LogP contribution in [0.4, 0.5) is 0 Å². The molecule has 1 aromatic heterocycles. The second-order valence-corrected chi connectivity index (χ2v) is 3.52. The number of hydrogen-bond donors (Lipinski definition) is 0. The van der Waals surface area contributed by atoms with E-state index in [1.165, 1.54) is 0 Å². The van der Waals surface area contributed by atoms with Crippen LogP contribution in [0.2, 0.25) is 5.15 Å². The van der Waals surface area contributed by atoms with Crippen molar-refractivity contribution in [3.05, 3.63) is 23.2 Å². The van der Waals surface area contributed by atoms with E-state index in [9.17, 15) is 0 Å². The zero-order valence-corrected chi connectivity index (χ0v) is 8.00. The summed E-state index contributed by atoms with van der Waals surface area (Å²) in [4.78, 5) is 8.24. The van der Waals surface area contributed by atoms with Gasteiger partial charge in [0.15, 0.2) is 0 Å². The van der Waals surface area contributed by atoms with Crippen LogP contribution in [0.15, 0.2) is 12.3 Å². The highest BCUT2D eigenvalue weighted by molar-refractivity contribution is 6.29. The summed E-state index contributed by atoms with van der Waals surface area (Å²) in [6.07, 6.45) is 5.00. The molecule has 70 valence electrons. The van der Waals surface area contributed by atoms with Gasteiger partial charge in [0.1, 0.15) is 11.0 Å². The number of ether oxygens (including phenoxy) is 1. The van der Waals surface area contributed by atoms with Gasteiger partial charge in [-0.1, -0.05) is 11.6 Å². The molecule has 1 fully saturated rings. The minimum atomic E-state index is 0.290. The van der Waals surface area contributed by atoms with Crippen molar-refractivity contribution in [3.63, 3.8) is 0 Å². The molecule has 1 saturated heterocycles. The highest BCUT2D eigenvalue weighted by Crippen LogP contribution is 2.15. The minimum absolute atomic E-state index is 0.290. The lowest BCUT2D eigenvalue weighted by Gasteiger charge is -2.06. The standard InChI is InChI=1S/C9H11ClN2O/c10-8-3-4-11-9(12-8)6-7-2-1-5-13-7/h3-4,7H,1-2,5-6H2. The van der Waals surface area contributed by atoms with Crippen molar-refractivity contribution in [2.75, 3.05) is 6.61 Å². The Kier molecular flexibility index (Phi) is 2.76. The lowest BCUT2D eigenvalue weighted by Crippen LogP contribution is -2.11. The van der Waals surface area contributed by atoms with Gasteiger partial charge in [0, 0.05) is 19.2 Å². The molecular formula is C9H11ClN2O. The largest absolute Gasteiger partial charge is 0.378 e. The Morgan fingerprint density at radius 1 is 1.62 bits per heavy atom.